The van der Waals surface area contributed by atoms with Crippen molar-refractivity contribution in [3.63, 3.8) is 0 Å². The molecule has 0 aromatic carbocycles. The summed E-state index contributed by atoms with van der Waals surface area (Å²) in [7, 11) is -4.36. The molecule has 1 unspecified atom stereocenters. The van der Waals surface area contributed by atoms with Crippen molar-refractivity contribution in [2.24, 2.45) is 5.73 Å². The highest BCUT2D eigenvalue weighted by atomic mass is 31.2. The maximum absolute atomic E-state index is 12.5. The molecule has 0 aliphatic rings. The van der Waals surface area contributed by atoms with Crippen molar-refractivity contribution < 1.29 is 37.6 Å². The Morgan fingerprint density at radius 1 is 0.644 bits per heavy atom. The molecule has 0 aliphatic heterocycles. The summed E-state index contributed by atoms with van der Waals surface area (Å²) in [4.78, 5) is 34.5. The van der Waals surface area contributed by atoms with Crippen LogP contribution in [0.25, 0.3) is 0 Å². The summed E-state index contributed by atoms with van der Waals surface area (Å²) in [5.74, 6) is -0.838. The molecule has 0 saturated carbocycles. The topological polar surface area (TPSA) is 134 Å². The summed E-state index contributed by atoms with van der Waals surface area (Å²) >= 11 is 0. The standard InChI is InChI=1S/C35H68NO8P/c1-3-5-7-9-11-13-14-15-16-17-18-20-22-24-26-28-35(38)44-33(32-43-45(39,40)42-30-29-36)31-41-34(37)27-25-23-21-19-12-10-8-6-4-2/h15-16,33H,3-14,17-32,36H2,1-2H3,(H,39,40)/b16-15-/t33-/m1/s1. The van der Waals surface area contributed by atoms with Gasteiger partial charge in [0.25, 0.3) is 0 Å². The number of esters is 2. The summed E-state index contributed by atoms with van der Waals surface area (Å²) in [5, 5.41) is 0. The van der Waals surface area contributed by atoms with E-state index in [0.29, 0.717) is 6.42 Å². The van der Waals surface area contributed by atoms with Crippen molar-refractivity contribution in [1.29, 1.82) is 0 Å². The molecule has 0 saturated heterocycles. The lowest BCUT2D eigenvalue weighted by Gasteiger charge is -2.19. The second-order valence-electron chi connectivity index (χ2n) is 12.1. The molecule has 0 rings (SSSR count). The van der Waals surface area contributed by atoms with E-state index in [4.69, 9.17) is 24.3 Å². The summed E-state index contributed by atoms with van der Waals surface area (Å²) in [6.45, 7) is 3.68. The van der Waals surface area contributed by atoms with Crippen LogP contribution < -0.4 is 5.73 Å². The van der Waals surface area contributed by atoms with Crippen LogP contribution in [0.15, 0.2) is 12.2 Å². The number of carbonyl (C=O) groups is 2. The van der Waals surface area contributed by atoms with Gasteiger partial charge in [0.15, 0.2) is 6.10 Å². The minimum Gasteiger partial charge on any atom is -0.462 e. The Morgan fingerprint density at radius 3 is 1.58 bits per heavy atom. The van der Waals surface area contributed by atoms with Gasteiger partial charge >= 0.3 is 19.8 Å². The normalized spacial score (nSPS) is 13.6. The first-order chi connectivity index (χ1) is 21.8. The van der Waals surface area contributed by atoms with Gasteiger partial charge in [-0.3, -0.25) is 18.6 Å². The SMILES string of the molecule is CCCCCCCC/C=C\CCCCCCCC(=O)O[C@H](COC(=O)CCCCCCCCCCC)COP(=O)(O)OCCN. The molecule has 3 N–H and O–H groups in total. The molecule has 266 valence electrons. The van der Waals surface area contributed by atoms with Crippen molar-refractivity contribution in [1.82, 2.24) is 0 Å². The van der Waals surface area contributed by atoms with Crippen molar-refractivity contribution in [3.05, 3.63) is 12.2 Å². The van der Waals surface area contributed by atoms with Crippen LogP contribution in [-0.2, 0) is 32.7 Å². The molecule has 0 heterocycles. The van der Waals surface area contributed by atoms with Gasteiger partial charge in [-0.25, -0.2) is 4.57 Å². The van der Waals surface area contributed by atoms with Crippen molar-refractivity contribution in [2.45, 2.75) is 174 Å². The summed E-state index contributed by atoms with van der Waals surface area (Å²) in [5.41, 5.74) is 5.32. The van der Waals surface area contributed by atoms with E-state index in [-0.39, 0.29) is 38.6 Å². The number of allylic oxidation sites excluding steroid dienone is 2. The first kappa shape index (κ1) is 43.8. The molecule has 0 radical (unpaired) electrons. The van der Waals surface area contributed by atoms with Gasteiger partial charge in [-0.1, -0.05) is 129 Å². The maximum atomic E-state index is 12.5. The highest BCUT2D eigenvalue weighted by Crippen LogP contribution is 2.43. The minimum atomic E-state index is -4.36. The largest absolute Gasteiger partial charge is 0.472 e. The fourth-order valence-electron chi connectivity index (χ4n) is 4.92. The second-order valence-corrected chi connectivity index (χ2v) is 13.5. The molecule has 0 amide bonds. The number of ether oxygens (including phenoxy) is 2. The molecule has 45 heavy (non-hydrogen) atoms. The van der Waals surface area contributed by atoms with Crippen LogP contribution in [0.2, 0.25) is 0 Å². The van der Waals surface area contributed by atoms with Gasteiger partial charge in [0.1, 0.15) is 6.61 Å². The molecule has 0 aromatic rings. The Morgan fingerprint density at radius 2 is 1.09 bits per heavy atom. The molecule has 10 heteroatoms. The number of hydrogen-bond donors (Lipinski definition) is 2. The van der Waals surface area contributed by atoms with Crippen LogP contribution in [0.1, 0.15) is 168 Å². The van der Waals surface area contributed by atoms with Crippen LogP contribution >= 0.6 is 7.82 Å². The molecule has 0 fully saturated rings. The van der Waals surface area contributed by atoms with Crippen molar-refractivity contribution in [3.8, 4) is 0 Å². The number of unbranched alkanes of at least 4 members (excludes halogenated alkanes) is 19. The van der Waals surface area contributed by atoms with Crippen LogP contribution in [-0.4, -0.2) is 49.3 Å². The van der Waals surface area contributed by atoms with Crippen molar-refractivity contribution >= 4 is 19.8 Å². The molecule has 0 bridgehead atoms. The Hall–Kier alpha value is -1.25. The number of carbonyl (C=O) groups excluding carboxylic acids is 2. The molecule has 0 spiro atoms. The van der Waals surface area contributed by atoms with Gasteiger partial charge < -0.3 is 20.1 Å². The monoisotopic (exact) mass is 661 g/mol. The maximum Gasteiger partial charge on any atom is 0.472 e. The lowest BCUT2D eigenvalue weighted by molar-refractivity contribution is -0.161. The second kappa shape index (κ2) is 32.7. The van der Waals surface area contributed by atoms with Crippen LogP contribution in [0, 0.1) is 0 Å². The van der Waals surface area contributed by atoms with Gasteiger partial charge in [-0.05, 0) is 38.5 Å². The highest BCUT2D eigenvalue weighted by Gasteiger charge is 2.25. The van der Waals surface area contributed by atoms with Gasteiger partial charge in [0.05, 0.1) is 13.2 Å². The predicted molar refractivity (Wildman–Crippen MR) is 183 cm³/mol. The van der Waals surface area contributed by atoms with E-state index in [2.05, 4.69) is 26.0 Å². The lowest BCUT2D eigenvalue weighted by atomic mass is 10.1. The Kier molecular flexibility index (Phi) is 31.8. The molecule has 9 nitrogen and oxygen atoms in total. The quantitative estimate of drug-likeness (QED) is 0.0299. The summed E-state index contributed by atoms with van der Waals surface area (Å²) in [6.07, 6.45) is 29.6. The molecule has 0 aromatic heterocycles. The average Bonchev–Trinajstić information content (AvgIpc) is 3.02. The van der Waals surface area contributed by atoms with Gasteiger partial charge in [-0.2, -0.15) is 0 Å². The number of phosphoric acid groups is 1. The molecular weight excluding hydrogens is 593 g/mol. The number of phosphoric ester groups is 1. The molecular formula is C35H68NO8P. The van der Waals surface area contributed by atoms with E-state index in [0.717, 1.165) is 51.4 Å². The fraction of sp³-hybridized carbons (Fsp3) is 0.886. The third kappa shape index (κ3) is 32.5. The van der Waals surface area contributed by atoms with Gasteiger partial charge in [-0.15, -0.1) is 0 Å². The van der Waals surface area contributed by atoms with E-state index in [1.54, 1.807) is 0 Å². The number of rotatable bonds is 34. The number of hydrogen-bond acceptors (Lipinski definition) is 8. The molecule has 2 atom stereocenters. The zero-order valence-corrected chi connectivity index (χ0v) is 29.8. The highest BCUT2D eigenvalue weighted by molar-refractivity contribution is 7.47. The Labute approximate surface area is 275 Å². The summed E-state index contributed by atoms with van der Waals surface area (Å²) in [6, 6.07) is 0. The van der Waals surface area contributed by atoms with Gasteiger partial charge in [0.2, 0.25) is 0 Å². The van der Waals surface area contributed by atoms with E-state index in [1.165, 1.54) is 83.5 Å². The Bertz CT molecular complexity index is 764. The molecule has 0 aliphatic carbocycles. The minimum absolute atomic E-state index is 0.0543. The van der Waals surface area contributed by atoms with E-state index in [9.17, 15) is 19.0 Å². The first-order valence-electron chi connectivity index (χ1n) is 18.2. The third-order valence-corrected chi connectivity index (χ3v) is 8.64. The summed E-state index contributed by atoms with van der Waals surface area (Å²) < 4.78 is 32.5. The smallest absolute Gasteiger partial charge is 0.462 e. The zero-order valence-electron chi connectivity index (χ0n) is 28.9. The number of nitrogens with two attached hydrogens (primary N) is 1. The zero-order chi connectivity index (χ0) is 33.3. The fourth-order valence-corrected chi connectivity index (χ4v) is 5.69. The van der Waals surface area contributed by atoms with E-state index in [1.807, 2.05) is 0 Å². The van der Waals surface area contributed by atoms with Crippen LogP contribution in [0.4, 0.5) is 0 Å². The lowest BCUT2D eigenvalue weighted by Crippen LogP contribution is -2.29. The van der Waals surface area contributed by atoms with Crippen LogP contribution in [0.5, 0.6) is 0 Å². The predicted octanol–water partition coefficient (Wildman–Crippen LogP) is 9.49. The van der Waals surface area contributed by atoms with E-state index >= 15 is 0 Å². The first-order valence-corrected chi connectivity index (χ1v) is 19.7. The van der Waals surface area contributed by atoms with Gasteiger partial charge in [0, 0.05) is 19.4 Å². The van der Waals surface area contributed by atoms with Crippen LogP contribution in [0.3, 0.4) is 0 Å². The average molecular weight is 662 g/mol. The van der Waals surface area contributed by atoms with Crippen molar-refractivity contribution in [2.75, 3.05) is 26.4 Å². The third-order valence-electron chi connectivity index (χ3n) is 7.65. The Balaban J connectivity index is 4.24. The van der Waals surface area contributed by atoms with E-state index < -0.39 is 26.5 Å².